The van der Waals surface area contributed by atoms with Gasteiger partial charge in [-0.1, -0.05) is 0 Å². The number of anilines is 2. The molecule has 1 rings (SSSR count). The van der Waals surface area contributed by atoms with Crippen molar-refractivity contribution >= 4 is 17.7 Å². The molecule has 0 spiro atoms. The van der Waals surface area contributed by atoms with E-state index in [4.69, 9.17) is 16.6 Å². The van der Waals surface area contributed by atoms with Crippen LogP contribution in [0.4, 0.5) is 11.8 Å². The SMILES string of the molecule is Cc1nc(N)nc(N)c1CC(=O)O. The molecular formula is C7H10N4O2. The van der Waals surface area contributed by atoms with Crippen LogP contribution in [0.15, 0.2) is 0 Å². The molecule has 0 aliphatic heterocycles. The second-order valence-corrected chi connectivity index (χ2v) is 2.60. The molecule has 6 nitrogen and oxygen atoms in total. The molecule has 0 atom stereocenters. The number of rotatable bonds is 2. The number of nitrogen functional groups attached to an aromatic ring is 2. The van der Waals surface area contributed by atoms with Crippen molar-refractivity contribution in [2.45, 2.75) is 13.3 Å². The molecular weight excluding hydrogens is 172 g/mol. The lowest BCUT2D eigenvalue weighted by Gasteiger charge is -2.05. The summed E-state index contributed by atoms with van der Waals surface area (Å²) in [6.07, 6.45) is -0.183. The first-order valence-corrected chi connectivity index (χ1v) is 3.61. The molecule has 0 saturated carbocycles. The summed E-state index contributed by atoms with van der Waals surface area (Å²) >= 11 is 0. The van der Waals surface area contributed by atoms with Gasteiger partial charge in [0.25, 0.3) is 0 Å². The van der Waals surface area contributed by atoms with Crippen molar-refractivity contribution in [1.29, 1.82) is 0 Å². The largest absolute Gasteiger partial charge is 0.481 e. The second kappa shape index (κ2) is 3.26. The van der Waals surface area contributed by atoms with E-state index in [1.807, 2.05) is 0 Å². The predicted octanol–water partition coefficient (Wildman–Crippen LogP) is -0.423. The Hall–Kier alpha value is -1.85. The van der Waals surface area contributed by atoms with E-state index in [1.165, 1.54) is 0 Å². The fourth-order valence-corrected chi connectivity index (χ4v) is 1.01. The maximum absolute atomic E-state index is 10.4. The monoisotopic (exact) mass is 182 g/mol. The number of nitrogens with two attached hydrogens (primary N) is 2. The summed E-state index contributed by atoms with van der Waals surface area (Å²) in [4.78, 5) is 17.9. The van der Waals surface area contributed by atoms with Gasteiger partial charge in [-0.05, 0) is 6.92 Å². The predicted molar refractivity (Wildman–Crippen MR) is 46.9 cm³/mol. The van der Waals surface area contributed by atoms with Crippen LogP contribution in [-0.2, 0) is 11.2 Å². The number of carboxylic acid groups (broad SMARTS) is 1. The maximum atomic E-state index is 10.4. The number of carboxylic acids is 1. The number of aromatic nitrogens is 2. The second-order valence-electron chi connectivity index (χ2n) is 2.60. The topological polar surface area (TPSA) is 115 Å². The Labute approximate surface area is 74.6 Å². The first-order valence-electron chi connectivity index (χ1n) is 3.61. The van der Waals surface area contributed by atoms with Gasteiger partial charge in [0, 0.05) is 11.3 Å². The van der Waals surface area contributed by atoms with E-state index in [0.29, 0.717) is 11.3 Å². The molecule has 0 radical (unpaired) electrons. The maximum Gasteiger partial charge on any atom is 0.308 e. The molecule has 1 aromatic rings. The minimum atomic E-state index is -0.969. The summed E-state index contributed by atoms with van der Waals surface area (Å²) in [6, 6.07) is 0. The van der Waals surface area contributed by atoms with Crippen LogP contribution in [0, 0.1) is 6.92 Å². The summed E-state index contributed by atoms with van der Waals surface area (Å²) in [5.74, 6) is -0.778. The van der Waals surface area contributed by atoms with Crippen molar-refractivity contribution in [3.8, 4) is 0 Å². The number of aryl methyl sites for hydroxylation is 1. The van der Waals surface area contributed by atoms with Gasteiger partial charge in [-0.15, -0.1) is 0 Å². The zero-order chi connectivity index (χ0) is 10.0. The smallest absolute Gasteiger partial charge is 0.308 e. The third kappa shape index (κ3) is 2.05. The van der Waals surface area contributed by atoms with Gasteiger partial charge < -0.3 is 16.6 Å². The van der Waals surface area contributed by atoms with Crippen LogP contribution in [0.2, 0.25) is 0 Å². The van der Waals surface area contributed by atoms with Crippen LogP contribution < -0.4 is 11.5 Å². The molecule has 0 amide bonds. The summed E-state index contributed by atoms with van der Waals surface area (Å²) < 4.78 is 0. The first kappa shape index (κ1) is 9.24. The quantitative estimate of drug-likeness (QED) is 0.572. The van der Waals surface area contributed by atoms with Gasteiger partial charge in [0.1, 0.15) is 5.82 Å². The lowest BCUT2D eigenvalue weighted by atomic mass is 10.1. The van der Waals surface area contributed by atoms with Crippen LogP contribution in [0.25, 0.3) is 0 Å². The Balaban J connectivity index is 3.13. The van der Waals surface area contributed by atoms with Crippen LogP contribution in [0.5, 0.6) is 0 Å². The normalized spacial score (nSPS) is 9.92. The fraction of sp³-hybridized carbons (Fsp3) is 0.286. The molecule has 0 unspecified atom stereocenters. The van der Waals surface area contributed by atoms with Crippen molar-refractivity contribution < 1.29 is 9.90 Å². The highest BCUT2D eigenvalue weighted by atomic mass is 16.4. The van der Waals surface area contributed by atoms with Crippen molar-refractivity contribution in [1.82, 2.24) is 9.97 Å². The molecule has 1 aromatic heterocycles. The van der Waals surface area contributed by atoms with Crippen molar-refractivity contribution in [2.24, 2.45) is 0 Å². The number of hydrogen-bond acceptors (Lipinski definition) is 5. The number of carbonyl (C=O) groups is 1. The minimum absolute atomic E-state index is 0.0594. The molecule has 0 aliphatic carbocycles. The Kier molecular flexibility index (Phi) is 2.32. The fourth-order valence-electron chi connectivity index (χ4n) is 1.01. The Morgan fingerprint density at radius 1 is 1.46 bits per heavy atom. The lowest BCUT2D eigenvalue weighted by molar-refractivity contribution is -0.136. The minimum Gasteiger partial charge on any atom is -0.481 e. The Morgan fingerprint density at radius 3 is 2.54 bits per heavy atom. The van der Waals surface area contributed by atoms with Crippen molar-refractivity contribution in [3.63, 3.8) is 0 Å². The van der Waals surface area contributed by atoms with Gasteiger partial charge in [-0.3, -0.25) is 4.79 Å². The molecule has 6 heteroatoms. The summed E-state index contributed by atoms with van der Waals surface area (Å²) in [5, 5.41) is 8.54. The van der Waals surface area contributed by atoms with E-state index in [0.717, 1.165) is 0 Å². The molecule has 0 aliphatic rings. The standard InChI is InChI=1S/C7H10N4O2/c1-3-4(2-5(12)13)6(8)11-7(9)10-3/h2H2,1H3,(H,12,13)(H4,8,9,10,11). The van der Waals surface area contributed by atoms with Gasteiger partial charge in [0.15, 0.2) is 0 Å². The molecule has 1 heterocycles. The molecule has 70 valence electrons. The van der Waals surface area contributed by atoms with E-state index in [2.05, 4.69) is 9.97 Å². The van der Waals surface area contributed by atoms with E-state index in [-0.39, 0.29) is 18.2 Å². The van der Waals surface area contributed by atoms with Gasteiger partial charge in [-0.2, -0.15) is 4.98 Å². The van der Waals surface area contributed by atoms with Gasteiger partial charge in [0.2, 0.25) is 5.95 Å². The van der Waals surface area contributed by atoms with E-state index >= 15 is 0 Å². The average molecular weight is 182 g/mol. The summed E-state index contributed by atoms with van der Waals surface area (Å²) in [7, 11) is 0. The van der Waals surface area contributed by atoms with Crippen molar-refractivity contribution in [3.05, 3.63) is 11.3 Å². The zero-order valence-electron chi connectivity index (χ0n) is 7.11. The van der Waals surface area contributed by atoms with E-state index < -0.39 is 5.97 Å². The Bertz CT molecular complexity index is 327. The van der Waals surface area contributed by atoms with E-state index in [9.17, 15) is 4.79 Å². The molecule has 5 N–H and O–H groups in total. The van der Waals surface area contributed by atoms with Crippen LogP contribution in [0.1, 0.15) is 11.3 Å². The van der Waals surface area contributed by atoms with Crippen LogP contribution in [0.3, 0.4) is 0 Å². The molecule has 0 bridgehead atoms. The summed E-state index contributed by atoms with van der Waals surface area (Å²) in [6.45, 7) is 1.65. The third-order valence-corrected chi connectivity index (χ3v) is 1.59. The van der Waals surface area contributed by atoms with Gasteiger partial charge in [-0.25, -0.2) is 4.98 Å². The number of hydrogen-bond donors (Lipinski definition) is 3. The number of aliphatic carboxylic acids is 1. The molecule has 0 fully saturated rings. The zero-order valence-corrected chi connectivity index (χ0v) is 7.11. The van der Waals surface area contributed by atoms with Gasteiger partial charge >= 0.3 is 5.97 Å². The highest BCUT2D eigenvalue weighted by Crippen LogP contribution is 2.14. The third-order valence-electron chi connectivity index (χ3n) is 1.59. The molecule has 0 saturated heterocycles. The Morgan fingerprint density at radius 2 is 2.08 bits per heavy atom. The lowest BCUT2D eigenvalue weighted by Crippen LogP contribution is -2.10. The van der Waals surface area contributed by atoms with Crippen molar-refractivity contribution in [2.75, 3.05) is 11.5 Å². The van der Waals surface area contributed by atoms with E-state index in [1.54, 1.807) is 6.92 Å². The first-order chi connectivity index (χ1) is 6.00. The van der Waals surface area contributed by atoms with Crippen LogP contribution >= 0.6 is 0 Å². The molecule has 13 heavy (non-hydrogen) atoms. The highest BCUT2D eigenvalue weighted by molar-refractivity contribution is 5.72. The van der Waals surface area contributed by atoms with Gasteiger partial charge in [0.05, 0.1) is 6.42 Å². The number of nitrogens with zero attached hydrogens (tertiary/aromatic N) is 2. The molecule has 0 aromatic carbocycles. The average Bonchev–Trinajstić information content (AvgIpc) is 1.96. The summed E-state index contributed by atoms with van der Waals surface area (Å²) in [5.41, 5.74) is 11.7. The highest BCUT2D eigenvalue weighted by Gasteiger charge is 2.10. The van der Waals surface area contributed by atoms with Crippen LogP contribution in [-0.4, -0.2) is 21.0 Å².